The fraction of sp³-hybridized carbons (Fsp3) is 0.276. The van der Waals surface area contributed by atoms with Crippen LogP contribution in [0.25, 0.3) is 21.8 Å². The lowest BCUT2D eigenvalue weighted by Crippen LogP contribution is -2.58. The minimum atomic E-state index is -1.71. The molecule has 0 aliphatic carbocycles. The van der Waals surface area contributed by atoms with Crippen LogP contribution in [0.2, 0.25) is 0 Å². The Bertz CT molecular complexity index is 1650. The SMILES string of the molecule is NC(Cc1c[nH]c2ccccc12)C(=O)NC(Cc1c[nH]c2ccccc12)C(=O)NC(CS)C(=O)NC(CC(=O)O)C(=O)O. The van der Waals surface area contributed by atoms with E-state index in [9.17, 15) is 29.1 Å². The summed E-state index contributed by atoms with van der Waals surface area (Å²) in [6.07, 6.45) is 2.87. The van der Waals surface area contributed by atoms with Gasteiger partial charge >= 0.3 is 11.9 Å². The lowest BCUT2D eigenvalue weighted by atomic mass is 10.0. The van der Waals surface area contributed by atoms with E-state index in [2.05, 4.69) is 38.5 Å². The Morgan fingerprint density at radius 1 is 0.721 bits per heavy atom. The van der Waals surface area contributed by atoms with Crippen LogP contribution in [0.4, 0.5) is 0 Å². The maximum Gasteiger partial charge on any atom is 0.326 e. The fourth-order valence-electron chi connectivity index (χ4n) is 4.75. The minimum Gasteiger partial charge on any atom is -0.481 e. The number of rotatable bonds is 14. The quantitative estimate of drug-likeness (QED) is 0.0926. The molecule has 4 rings (SSSR count). The van der Waals surface area contributed by atoms with Crippen molar-refractivity contribution in [1.29, 1.82) is 0 Å². The number of benzene rings is 2. The number of aromatic nitrogens is 2. The average molecular weight is 609 g/mol. The van der Waals surface area contributed by atoms with Crippen molar-refractivity contribution >= 4 is 64.1 Å². The summed E-state index contributed by atoms with van der Waals surface area (Å²) in [6.45, 7) is 0. The molecule has 13 nitrogen and oxygen atoms in total. The van der Waals surface area contributed by atoms with Crippen LogP contribution in [-0.2, 0) is 36.8 Å². The van der Waals surface area contributed by atoms with Crippen LogP contribution in [0.1, 0.15) is 17.5 Å². The number of carboxylic acid groups (broad SMARTS) is 2. The summed E-state index contributed by atoms with van der Waals surface area (Å²) in [4.78, 5) is 68.3. The molecule has 4 unspecified atom stereocenters. The molecule has 0 aliphatic rings. The highest BCUT2D eigenvalue weighted by Crippen LogP contribution is 2.21. The lowest BCUT2D eigenvalue weighted by molar-refractivity contribution is -0.147. The van der Waals surface area contributed by atoms with Crippen LogP contribution < -0.4 is 21.7 Å². The van der Waals surface area contributed by atoms with E-state index in [1.165, 1.54) is 0 Å². The minimum absolute atomic E-state index is 0.0407. The number of aliphatic carboxylic acids is 2. The Hall–Kier alpha value is -4.82. The van der Waals surface area contributed by atoms with E-state index < -0.39 is 60.2 Å². The van der Waals surface area contributed by atoms with Crippen LogP contribution in [0, 0.1) is 0 Å². The van der Waals surface area contributed by atoms with Crippen molar-refractivity contribution in [2.75, 3.05) is 5.75 Å². The zero-order chi connectivity index (χ0) is 31.1. The van der Waals surface area contributed by atoms with Gasteiger partial charge < -0.3 is 41.9 Å². The second kappa shape index (κ2) is 13.9. The van der Waals surface area contributed by atoms with Crippen LogP contribution in [0.3, 0.4) is 0 Å². The van der Waals surface area contributed by atoms with Crippen LogP contribution in [0.5, 0.6) is 0 Å². The number of nitrogens with one attached hydrogen (secondary N) is 5. The molecule has 4 atom stereocenters. The van der Waals surface area contributed by atoms with E-state index in [0.29, 0.717) is 0 Å². The van der Waals surface area contributed by atoms with Gasteiger partial charge in [0.15, 0.2) is 0 Å². The monoisotopic (exact) mass is 608 g/mol. The molecule has 2 aromatic carbocycles. The highest BCUT2D eigenvalue weighted by atomic mass is 32.1. The smallest absolute Gasteiger partial charge is 0.326 e. The fourth-order valence-corrected chi connectivity index (χ4v) is 5.01. The van der Waals surface area contributed by atoms with E-state index in [-0.39, 0.29) is 18.6 Å². The predicted molar refractivity (Wildman–Crippen MR) is 162 cm³/mol. The third-order valence-electron chi connectivity index (χ3n) is 6.99. The first-order chi connectivity index (χ1) is 20.6. The number of nitrogens with two attached hydrogens (primary N) is 1. The Balaban J connectivity index is 1.52. The molecule has 9 N–H and O–H groups in total. The molecule has 0 saturated heterocycles. The zero-order valence-electron chi connectivity index (χ0n) is 22.9. The molecule has 0 saturated carbocycles. The zero-order valence-corrected chi connectivity index (χ0v) is 23.8. The van der Waals surface area contributed by atoms with Gasteiger partial charge in [0, 0.05) is 46.4 Å². The molecule has 0 fully saturated rings. The molecule has 43 heavy (non-hydrogen) atoms. The first-order valence-electron chi connectivity index (χ1n) is 13.4. The van der Waals surface area contributed by atoms with Gasteiger partial charge in [-0.15, -0.1) is 0 Å². The number of para-hydroxylation sites is 2. The number of carboxylic acids is 2. The third kappa shape index (κ3) is 7.72. The molecule has 0 spiro atoms. The summed E-state index contributed by atoms with van der Waals surface area (Å²) < 4.78 is 0. The van der Waals surface area contributed by atoms with Gasteiger partial charge in [-0.3, -0.25) is 19.2 Å². The number of hydrogen-bond donors (Lipinski definition) is 9. The van der Waals surface area contributed by atoms with Gasteiger partial charge in [-0.2, -0.15) is 12.6 Å². The second-order valence-corrected chi connectivity index (χ2v) is 10.4. The Morgan fingerprint density at radius 2 is 1.21 bits per heavy atom. The van der Waals surface area contributed by atoms with E-state index in [0.717, 1.165) is 32.9 Å². The van der Waals surface area contributed by atoms with Crippen LogP contribution in [0.15, 0.2) is 60.9 Å². The third-order valence-corrected chi connectivity index (χ3v) is 7.36. The van der Waals surface area contributed by atoms with Crippen molar-refractivity contribution in [2.45, 2.75) is 43.4 Å². The molecule has 4 aromatic rings. The van der Waals surface area contributed by atoms with Crippen molar-refractivity contribution in [3.05, 3.63) is 72.1 Å². The van der Waals surface area contributed by atoms with Gasteiger partial charge in [-0.05, 0) is 29.7 Å². The molecule has 0 aliphatic heterocycles. The first-order valence-corrected chi connectivity index (χ1v) is 14.0. The number of hydrogen-bond acceptors (Lipinski definition) is 7. The van der Waals surface area contributed by atoms with Crippen LogP contribution in [-0.4, -0.2) is 79.8 Å². The van der Waals surface area contributed by atoms with Crippen molar-refractivity contribution in [1.82, 2.24) is 25.9 Å². The topological polar surface area (TPSA) is 219 Å². The number of carbonyl (C=O) groups excluding carboxylic acids is 3. The maximum atomic E-state index is 13.5. The number of H-pyrrole nitrogens is 2. The van der Waals surface area contributed by atoms with E-state index in [1.807, 2.05) is 48.5 Å². The van der Waals surface area contributed by atoms with Gasteiger partial charge in [0.1, 0.15) is 18.1 Å². The van der Waals surface area contributed by atoms with Crippen molar-refractivity contribution in [3.8, 4) is 0 Å². The molecule has 0 radical (unpaired) electrons. The first kappa shape index (κ1) is 31.1. The van der Waals surface area contributed by atoms with E-state index in [1.54, 1.807) is 12.4 Å². The molecule has 0 bridgehead atoms. The Kier molecular flexibility index (Phi) is 10.1. The van der Waals surface area contributed by atoms with Gasteiger partial charge in [-0.1, -0.05) is 36.4 Å². The van der Waals surface area contributed by atoms with Gasteiger partial charge in [0.05, 0.1) is 12.5 Å². The second-order valence-electron chi connectivity index (χ2n) is 10.0. The molecule has 14 heteroatoms. The summed E-state index contributed by atoms with van der Waals surface area (Å²) in [5.41, 5.74) is 9.54. The highest BCUT2D eigenvalue weighted by molar-refractivity contribution is 7.80. The van der Waals surface area contributed by atoms with Crippen molar-refractivity contribution in [2.24, 2.45) is 5.73 Å². The molecule has 3 amide bonds. The standard InChI is InChI=1S/C29H32N6O7S/c30-19(9-15-12-31-20-7-3-1-5-17(15)20)26(38)33-22(10-16-13-32-21-8-4-2-6-18(16)21)27(39)35-24(14-43)28(40)34-23(29(41)42)11-25(36)37/h1-8,12-13,19,22-24,31-32,43H,9-11,14,30H2,(H,33,38)(H,34,40)(H,35,39)(H,36,37)(H,41,42). The Morgan fingerprint density at radius 3 is 1.74 bits per heavy atom. The number of thiol groups is 1. The highest BCUT2D eigenvalue weighted by Gasteiger charge is 2.31. The Labute approximate surface area is 251 Å². The average Bonchev–Trinajstić information content (AvgIpc) is 3.58. The summed E-state index contributed by atoms with van der Waals surface area (Å²) >= 11 is 4.11. The van der Waals surface area contributed by atoms with Crippen molar-refractivity contribution < 1.29 is 34.2 Å². The van der Waals surface area contributed by atoms with Gasteiger partial charge in [0.25, 0.3) is 0 Å². The number of amides is 3. The van der Waals surface area contributed by atoms with Gasteiger partial charge in [-0.25, -0.2) is 4.79 Å². The molecular weight excluding hydrogens is 576 g/mol. The van der Waals surface area contributed by atoms with E-state index in [4.69, 9.17) is 10.8 Å². The lowest BCUT2D eigenvalue weighted by Gasteiger charge is -2.24. The summed E-state index contributed by atoms with van der Waals surface area (Å²) in [5.74, 6) is -5.48. The van der Waals surface area contributed by atoms with Crippen LogP contribution >= 0.6 is 12.6 Å². The molecular formula is C29H32N6O7S. The molecule has 2 heterocycles. The number of aromatic amines is 2. The predicted octanol–water partition coefficient (Wildman–Crippen LogP) is 0.705. The summed E-state index contributed by atoms with van der Waals surface area (Å²) in [7, 11) is 0. The summed E-state index contributed by atoms with van der Waals surface area (Å²) in [5, 5.41) is 27.3. The number of carbonyl (C=O) groups is 5. The van der Waals surface area contributed by atoms with Gasteiger partial charge in [0.2, 0.25) is 17.7 Å². The van der Waals surface area contributed by atoms with E-state index >= 15 is 0 Å². The maximum absolute atomic E-state index is 13.5. The molecule has 2 aromatic heterocycles. The number of fused-ring (bicyclic) bond motifs is 2. The summed E-state index contributed by atoms with van der Waals surface area (Å²) in [6, 6.07) is 9.76. The van der Waals surface area contributed by atoms with Crippen molar-refractivity contribution in [3.63, 3.8) is 0 Å². The molecule has 226 valence electrons. The largest absolute Gasteiger partial charge is 0.481 e. The normalized spacial score (nSPS) is 14.0.